The molecule has 3 rings (SSSR count). The second-order valence-electron chi connectivity index (χ2n) is 4.27. The summed E-state index contributed by atoms with van der Waals surface area (Å²) in [6.45, 7) is 1.81. The van der Waals surface area contributed by atoms with Gasteiger partial charge in [-0.05, 0) is 29.5 Å². The lowest BCUT2D eigenvalue weighted by Crippen LogP contribution is -2.17. The lowest BCUT2D eigenvalue weighted by atomic mass is 10.3. The molecule has 0 saturated carbocycles. The van der Waals surface area contributed by atoms with Crippen LogP contribution in [0.1, 0.15) is 16.4 Å². The molecule has 0 aliphatic rings. The number of para-hydroxylation sites is 2. The van der Waals surface area contributed by atoms with Gasteiger partial charge in [0.2, 0.25) is 5.91 Å². The molecule has 0 aliphatic carbocycles. The normalized spacial score (nSPS) is 11.1. The summed E-state index contributed by atoms with van der Waals surface area (Å²) in [7, 11) is 1.71. The van der Waals surface area contributed by atoms with Gasteiger partial charge in [0.25, 0.3) is 0 Å². The van der Waals surface area contributed by atoms with Gasteiger partial charge in [0.15, 0.2) is 5.82 Å². The molecule has 3 aromatic rings. The minimum Gasteiger partial charge on any atom is -0.274 e. The summed E-state index contributed by atoms with van der Waals surface area (Å²) in [6.07, 6.45) is 0.144. The van der Waals surface area contributed by atoms with E-state index in [0.29, 0.717) is 11.6 Å². The SMILES string of the molecule is Cc1nc2ccccc2n1C(=O)Cc1nnnn1C. The van der Waals surface area contributed by atoms with Crippen LogP contribution in [0.4, 0.5) is 0 Å². The largest absolute Gasteiger partial charge is 0.274 e. The van der Waals surface area contributed by atoms with Gasteiger partial charge in [-0.25, -0.2) is 9.67 Å². The molecular weight excluding hydrogens is 244 g/mol. The van der Waals surface area contributed by atoms with Crippen LogP contribution >= 0.6 is 0 Å². The van der Waals surface area contributed by atoms with Crippen molar-refractivity contribution in [3.8, 4) is 0 Å². The fourth-order valence-corrected chi connectivity index (χ4v) is 2.07. The molecule has 19 heavy (non-hydrogen) atoms. The number of rotatable bonds is 2. The monoisotopic (exact) mass is 256 g/mol. The summed E-state index contributed by atoms with van der Waals surface area (Å²) >= 11 is 0. The Balaban J connectivity index is 2.02. The Hall–Kier alpha value is -2.57. The summed E-state index contributed by atoms with van der Waals surface area (Å²) in [6, 6.07) is 7.55. The minimum absolute atomic E-state index is 0.0934. The number of carbonyl (C=O) groups is 1. The Bertz CT molecular complexity index is 757. The van der Waals surface area contributed by atoms with Gasteiger partial charge in [0, 0.05) is 7.05 Å². The third-order valence-corrected chi connectivity index (χ3v) is 3.00. The Morgan fingerprint density at radius 1 is 1.32 bits per heavy atom. The van der Waals surface area contributed by atoms with Crippen molar-refractivity contribution in [3.63, 3.8) is 0 Å². The summed E-state index contributed by atoms with van der Waals surface area (Å²) in [5.74, 6) is 1.10. The van der Waals surface area contributed by atoms with Crippen LogP contribution in [-0.2, 0) is 13.5 Å². The van der Waals surface area contributed by atoms with Crippen LogP contribution < -0.4 is 0 Å². The van der Waals surface area contributed by atoms with E-state index in [4.69, 9.17) is 0 Å². The Morgan fingerprint density at radius 3 is 2.84 bits per heavy atom. The van der Waals surface area contributed by atoms with Crippen molar-refractivity contribution in [2.24, 2.45) is 7.05 Å². The number of hydrogen-bond acceptors (Lipinski definition) is 5. The number of nitrogens with zero attached hydrogens (tertiary/aromatic N) is 6. The first-order valence-electron chi connectivity index (χ1n) is 5.85. The molecular formula is C12H12N6O. The fourth-order valence-electron chi connectivity index (χ4n) is 2.07. The van der Waals surface area contributed by atoms with Crippen molar-refractivity contribution in [2.45, 2.75) is 13.3 Å². The van der Waals surface area contributed by atoms with E-state index in [0.717, 1.165) is 11.0 Å². The van der Waals surface area contributed by atoms with Crippen molar-refractivity contribution >= 4 is 16.9 Å². The van der Waals surface area contributed by atoms with E-state index in [2.05, 4.69) is 20.5 Å². The van der Waals surface area contributed by atoms with Crippen LogP contribution in [0.2, 0.25) is 0 Å². The number of aromatic nitrogens is 6. The Morgan fingerprint density at radius 2 is 2.11 bits per heavy atom. The van der Waals surface area contributed by atoms with E-state index in [1.54, 1.807) is 11.6 Å². The van der Waals surface area contributed by atoms with Crippen LogP contribution in [0.3, 0.4) is 0 Å². The maximum absolute atomic E-state index is 12.4. The number of aryl methyl sites for hydroxylation is 2. The van der Waals surface area contributed by atoms with Gasteiger partial charge in [-0.15, -0.1) is 5.10 Å². The third-order valence-electron chi connectivity index (χ3n) is 3.00. The van der Waals surface area contributed by atoms with Gasteiger partial charge >= 0.3 is 0 Å². The summed E-state index contributed by atoms with van der Waals surface area (Å²) in [4.78, 5) is 16.7. The van der Waals surface area contributed by atoms with Gasteiger partial charge in [0.1, 0.15) is 5.82 Å². The summed E-state index contributed by atoms with van der Waals surface area (Å²) < 4.78 is 3.09. The van der Waals surface area contributed by atoms with Crippen molar-refractivity contribution < 1.29 is 4.79 Å². The lowest BCUT2D eigenvalue weighted by molar-refractivity contribution is 0.0913. The average molecular weight is 256 g/mol. The smallest absolute Gasteiger partial charge is 0.240 e. The number of imidazole rings is 1. The second kappa shape index (κ2) is 4.27. The first kappa shape index (κ1) is 11.5. The molecule has 0 unspecified atom stereocenters. The zero-order chi connectivity index (χ0) is 13.4. The van der Waals surface area contributed by atoms with Gasteiger partial charge in [-0.1, -0.05) is 12.1 Å². The molecule has 2 aromatic heterocycles. The fraction of sp³-hybridized carbons (Fsp3) is 0.250. The first-order chi connectivity index (χ1) is 9.16. The van der Waals surface area contributed by atoms with Gasteiger partial charge in [-0.2, -0.15) is 0 Å². The van der Waals surface area contributed by atoms with E-state index in [1.807, 2.05) is 31.2 Å². The molecule has 7 heteroatoms. The molecule has 0 aliphatic heterocycles. The molecule has 2 heterocycles. The summed E-state index contributed by atoms with van der Waals surface area (Å²) in [5, 5.41) is 11.1. The topological polar surface area (TPSA) is 78.5 Å². The first-order valence-corrected chi connectivity index (χ1v) is 5.85. The third kappa shape index (κ3) is 1.88. The van der Waals surface area contributed by atoms with Crippen molar-refractivity contribution in [1.82, 2.24) is 29.8 Å². The highest BCUT2D eigenvalue weighted by Crippen LogP contribution is 2.15. The lowest BCUT2D eigenvalue weighted by Gasteiger charge is -2.04. The molecule has 0 bridgehead atoms. The standard InChI is InChI=1S/C12H12N6O/c1-8-13-9-5-3-4-6-10(9)18(8)12(19)7-11-14-15-16-17(11)2/h3-6H,7H2,1-2H3. The zero-order valence-electron chi connectivity index (χ0n) is 10.6. The highest BCUT2D eigenvalue weighted by molar-refractivity contribution is 5.91. The second-order valence-corrected chi connectivity index (χ2v) is 4.27. The predicted octanol–water partition coefficient (Wildman–Crippen LogP) is 0.751. The number of carbonyl (C=O) groups excluding carboxylic acids is 1. The van der Waals surface area contributed by atoms with Crippen LogP contribution in [-0.4, -0.2) is 35.7 Å². The van der Waals surface area contributed by atoms with Crippen molar-refractivity contribution in [2.75, 3.05) is 0 Å². The van der Waals surface area contributed by atoms with Crippen LogP contribution in [0.5, 0.6) is 0 Å². The summed E-state index contributed by atoms with van der Waals surface area (Å²) in [5.41, 5.74) is 1.62. The highest BCUT2D eigenvalue weighted by atomic mass is 16.2. The number of benzene rings is 1. The number of tetrazole rings is 1. The average Bonchev–Trinajstić information content (AvgIpc) is 2.92. The molecule has 7 nitrogen and oxygen atoms in total. The molecule has 1 aromatic carbocycles. The molecule has 0 N–H and O–H groups in total. The van der Waals surface area contributed by atoms with Crippen LogP contribution in [0.15, 0.2) is 24.3 Å². The molecule has 96 valence electrons. The molecule has 0 saturated heterocycles. The minimum atomic E-state index is -0.0934. The van der Waals surface area contributed by atoms with E-state index >= 15 is 0 Å². The maximum atomic E-state index is 12.4. The van der Waals surface area contributed by atoms with E-state index in [9.17, 15) is 4.79 Å². The van der Waals surface area contributed by atoms with Crippen LogP contribution in [0, 0.1) is 6.92 Å². The molecule has 0 fully saturated rings. The molecule has 0 amide bonds. The van der Waals surface area contributed by atoms with E-state index in [-0.39, 0.29) is 12.3 Å². The van der Waals surface area contributed by atoms with Gasteiger partial charge in [0.05, 0.1) is 17.5 Å². The van der Waals surface area contributed by atoms with E-state index in [1.165, 1.54) is 4.68 Å². The number of fused-ring (bicyclic) bond motifs is 1. The van der Waals surface area contributed by atoms with E-state index < -0.39 is 0 Å². The predicted molar refractivity (Wildman–Crippen MR) is 67.6 cm³/mol. The zero-order valence-corrected chi connectivity index (χ0v) is 10.6. The van der Waals surface area contributed by atoms with Crippen LogP contribution in [0.25, 0.3) is 11.0 Å². The Labute approximate surface area is 108 Å². The van der Waals surface area contributed by atoms with Gasteiger partial charge in [-0.3, -0.25) is 9.36 Å². The Kier molecular flexibility index (Phi) is 2.59. The maximum Gasteiger partial charge on any atom is 0.240 e. The highest BCUT2D eigenvalue weighted by Gasteiger charge is 2.16. The van der Waals surface area contributed by atoms with Crippen molar-refractivity contribution in [1.29, 1.82) is 0 Å². The molecule has 0 radical (unpaired) electrons. The number of hydrogen-bond donors (Lipinski definition) is 0. The quantitative estimate of drug-likeness (QED) is 0.676. The molecule has 0 spiro atoms. The van der Waals surface area contributed by atoms with Gasteiger partial charge < -0.3 is 0 Å². The van der Waals surface area contributed by atoms with Crippen molar-refractivity contribution in [3.05, 3.63) is 35.9 Å². The molecule has 0 atom stereocenters.